The van der Waals surface area contributed by atoms with Crippen LogP contribution >= 0.6 is 0 Å². The number of hydrogen-bond donors (Lipinski definition) is 0. The van der Waals surface area contributed by atoms with Gasteiger partial charge in [0.2, 0.25) is 0 Å². The fraction of sp³-hybridized carbons (Fsp3) is 0.750. The van der Waals surface area contributed by atoms with Crippen LogP contribution in [-0.2, 0) is 14.3 Å². The number of methoxy groups -OCH3 is 1. The summed E-state index contributed by atoms with van der Waals surface area (Å²) >= 11 is 0. The summed E-state index contributed by atoms with van der Waals surface area (Å²) in [6.45, 7) is 0. The standard InChI is InChI=1S/C8H12O3/c1-11-7-2-3-8(10)6(4-7)5-9/h5-7H,2-4H2,1H3. The first-order valence-electron chi connectivity index (χ1n) is 3.78. The fourth-order valence-corrected chi connectivity index (χ4v) is 1.37. The summed E-state index contributed by atoms with van der Waals surface area (Å²) in [5.41, 5.74) is 0. The molecule has 1 saturated carbocycles. The van der Waals surface area contributed by atoms with Crippen molar-refractivity contribution >= 4 is 12.1 Å². The molecule has 0 radical (unpaired) electrons. The molecule has 0 N–H and O–H groups in total. The Morgan fingerprint density at radius 3 is 2.91 bits per heavy atom. The van der Waals surface area contributed by atoms with Gasteiger partial charge in [-0.1, -0.05) is 0 Å². The van der Waals surface area contributed by atoms with E-state index < -0.39 is 5.92 Å². The van der Waals surface area contributed by atoms with Crippen molar-refractivity contribution in [3.63, 3.8) is 0 Å². The predicted molar refractivity (Wildman–Crippen MR) is 39.2 cm³/mol. The second-order valence-electron chi connectivity index (χ2n) is 2.84. The first kappa shape index (κ1) is 8.40. The molecule has 1 aliphatic carbocycles. The van der Waals surface area contributed by atoms with Gasteiger partial charge < -0.3 is 9.53 Å². The third-order valence-electron chi connectivity index (χ3n) is 2.14. The van der Waals surface area contributed by atoms with Crippen LogP contribution in [0.4, 0.5) is 0 Å². The Hall–Kier alpha value is -0.700. The van der Waals surface area contributed by atoms with Gasteiger partial charge in [-0.3, -0.25) is 4.79 Å². The van der Waals surface area contributed by atoms with E-state index in [0.717, 1.165) is 12.7 Å². The van der Waals surface area contributed by atoms with E-state index in [4.69, 9.17) is 4.74 Å². The molecule has 0 bridgehead atoms. The molecule has 1 aliphatic rings. The monoisotopic (exact) mass is 156 g/mol. The average Bonchev–Trinajstić information content (AvgIpc) is 2.05. The van der Waals surface area contributed by atoms with Crippen LogP contribution in [0.25, 0.3) is 0 Å². The minimum absolute atomic E-state index is 0.0632. The Kier molecular flexibility index (Phi) is 2.76. The number of aldehydes is 1. The lowest BCUT2D eigenvalue weighted by Crippen LogP contribution is -2.29. The van der Waals surface area contributed by atoms with Crippen molar-refractivity contribution in [2.24, 2.45) is 5.92 Å². The summed E-state index contributed by atoms with van der Waals surface area (Å²) in [5.74, 6) is -0.345. The van der Waals surface area contributed by atoms with Gasteiger partial charge in [0.05, 0.1) is 12.0 Å². The van der Waals surface area contributed by atoms with E-state index in [9.17, 15) is 9.59 Å². The van der Waals surface area contributed by atoms with E-state index in [1.807, 2.05) is 0 Å². The minimum atomic E-state index is -0.409. The highest BCUT2D eigenvalue weighted by Gasteiger charge is 2.27. The average molecular weight is 156 g/mol. The maximum atomic E-state index is 11.0. The number of rotatable bonds is 2. The molecule has 0 aromatic rings. The summed E-state index contributed by atoms with van der Waals surface area (Å²) in [5, 5.41) is 0. The SMILES string of the molecule is COC1CCC(=O)C(C=O)C1. The molecule has 1 fully saturated rings. The minimum Gasteiger partial charge on any atom is -0.381 e. The summed E-state index contributed by atoms with van der Waals surface area (Å²) in [6, 6.07) is 0. The third kappa shape index (κ3) is 1.87. The predicted octanol–water partition coefficient (Wildman–Crippen LogP) is 0.570. The summed E-state index contributed by atoms with van der Waals surface area (Å²) in [6.07, 6.45) is 2.65. The molecule has 62 valence electrons. The van der Waals surface area contributed by atoms with Crippen molar-refractivity contribution in [1.29, 1.82) is 0 Å². The topological polar surface area (TPSA) is 43.4 Å². The number of carbonyl (C=O) groups is 2. The van der Waals surface area contributed by atoms with Crippen molar-refractivity contribution in [3.05, 3.63) is 0 Å². The molecular formula is C8H12O3. The Bertz CT molecular complexity index is 165. The summed E-state index contributed by atoms with van der Waals surface area (Å²) < 4.78 is 5.06. The van der Waals surface area contributed by atoms with Crippen LogP contribution in [0.15, 0.2) is 0 Å². The van der Waals surface area contributed by atoms with Gasteiger partial charge in [-0.25, -0.2) is 0 Å². The number of ether oxygens (including phenoxy) is 1. The molecule has 0 aromatic carbocycles. The van der Waals surface area contributed by atoms with E-state index >= 15 is 0 Å². The zero-order valence-corrected chi connectivity index (χ0v) is 6.58. The molecule has 3 nitrogen and oxygen atoms in total. The Morgan fingerprint density at radius 2 is 2.36 bits per heavy atom. The van der Waals surface area contributed by atoms with Crippen LogP contribution < -0.4 is 0 Å². The maximum Gasteiger partial charge on any atom is 0.143 e. The van der Waals surface area contributed by atoms with Crippen molar-refractivity contribution in [3.8, 4) is 0 Å². The van der Waals surface area contributed by atoms with Crippen LogP contribution in [0.3, 0.4) is 0 Å². The molecule has 0 saturated heterocycles. The van der Waals surface area contributed by atoms with Gasteiger partial charge in [-0.15, -0.1) is 0 Å². The highest BCUT2D eigenvalue weighted by atomic mass is 16.5. The number of Topliss-reactive ketones (excluding diaryl/α,β-unsaturated/α-hetero) is 1. The van der Waals surface area contributed by atoms with Crippen molar-refractivity contribution < 1.29 is 14.3 Å². The van der Waals surface area contributed by atoms with Gasteiger partial charge in [0.15, 0.2) is 0 Å². The molecule has 2 atom stereocenters. The van der Waals surface area contributed by atoms with Gasteiger partial charge in [-0.2, -0.15) is 0 Å². The van der Waals surface area contributed by atoms with Crippen LogP contribution in [-0.4, -0.2) is 25.3 Å². The second-order valence-corrected chi connectivity index (χ2v) is 2.84. The summed E-state index contributed by atoms with van der Waals surface area (Å²) in [4.78, 5) is 21.4. The van der Waals surface area contributed by atoms with E-state index in [0.29, 0.717) is 12.8 Å². The van der Waals surface area contributed by atoms with Gasteiger partial charge in [0.1, 0.15) is 12.1 Å². The first-order chi connectivity index (χ1) is 5.27. The highest BCUT2D eigenvalue weighted by Crippen LogP contribution is 2.21. The second kappa shape index (κ2) is 3.62. The summed E-state index contributed by atoms with van der Waals surface area (Å²) in [7, 11) is 1.61. The Labute approximate surface area is 65.7 Å². The van der Waals surface area contributed by atoms with E-state index in [1.165, 1.54) is 0 Å². The van der Waals surface area contributed by atoms with Crippen LogP contribution in [0.5, 0.6) is 0 Å². The number of hydrogen-bond acceptors (Lipinski definition) is 3. The van der Waals surface area contributed by atoms with Crippen LogP contribution in [0.1, 0.15) is 19.3 Å². The quantitative estimate of drug-likeness (QED) is 0.433. The molecule has 0 amide bonds. The Morgan fingerprint density at radius 1 is 1.64 bits per heavy atom. The smallest absolute Gasteiger partial charge is 0.143 e. The molecule has 0 spiro atoms. The lowest BCUT2D eigenvalue weighted by Gasteiger charge is -2.23. The van der Waals surface area contributed by atoms with Gasteiger partial charge in [0.25, 0.3) is 0 Å². The van der Waals surface area contributed by atoms with Gasteiger partial charge in [0, 0.05) is 13.5 Å². The zero-order valence-electron chi connectivity index (χ0n) is 6.58. The van der Waals surface area contributed by atoms with E-state index in [2.05, 4.69) is 0 Å². The number of ketones is 1. The zero-order chi connectivity index (χ0) is 8.27. The largest absolute Gasteiger partial charge is 0.381 e. The lowest BCUT2D eigenvalue weighted by atomic mass is 9.87. The van der Waals surface area contributed by atoms with Crippen molar-refractivity contribution in [2.75, 3.05) is 7.11 Å². The van der Waals surface area contributed by atoms with Gasteiger partial charge in [-0.05, 0) is 12.8 Å². The molecule has 3 heteroatoms. The molecular weight excluding hydrogens is 144 g/mol. The van der Waals surface area contributed by atoms with Crippen LogP contribution in [0.2, 0.25) is 0 Å². The Balaban J connectivity index is 2.50. The molecule has 1 rings (SSSR count). The number of carbonyl (C=O) groups excluding carboxylic acids is 2. The van der Waals surface area contributed by atoms with E-state index in [-0.39, 0.29) is 11.9 Å². The van der Waals surface area contributed by atoms with Crippen LogP contribution in [0, 0.1) is 5.92 Å². The van der Waals surface area contributed by atoms with Crippen molar-refractivity contribution in [1.82, 2.24) is 0 Å². The molecule has 0 aliphatic heterocycles. The maximum absolute atomic E-state index is 11.0. The van der Waals surface area contributed by atoms with Gasteiger partial charge >= 0.3 is 0 Å². The van der Waals surface area contributed by atoms with E-state index in [1.54, 1.807) is 7.11 Å². The molecule has 11 heavy (non-hydrogen) atoms. The normalized spacial score (nSPS) is 31.9. The highest BCUT2D eigenvalue weighted by molar-refractivity contribution is 5.93. The fourth-order valence-electron chi connectivity index (χ4n) is 1.37. The third-order valence-corrected chi connectivity index (χ3v) is 2.14. The lowest BCUT2D eigenvalue weighted by molar-refractivity contribution is -0.132. The molecule has 2 unspecified atom stereocenters. The molecule has 0 heterocycles. The van der Waals surface area contributed by atoms with Crippen molar-refractivity contribution in [2.45, 2.75) is 25.4 Å². The first-order valence-corrected chi connectivity index (χ1v) is 3.78. The molecule has 0 aromatic heterocycles.